The molecular weight excluding hydrogens is 408 g/mol. The first kappa shape index (κ1) is 21.6. The van der Waals surface area contributed by atoms with E-state index >= 15 is 0 Å². The number of pyridine rings is 1. The van der Waals surface area contributed by atoms with Crippen LogP contribution in [0.3, 0.4) is 0 Å². The standard InChI is InChI=1S/C23H28N6O3/c1-14-18(23(32)26-22-21(14)15(2)27-28(22)3)8-9-19(30)25-12-16-4-6-17(7-5-16)29-11-10-24-20(31)13-29/h4-7H,8-13H2,1-3H3,(H,24,31)(H,25,30)(H,26,32). The maximum Gasteiger partial charge on any atom is 0.253 e. The Morgan fingerprint density at radius 3 is 2.66 bits per heavy atom. The molecule has 3 aromatic rings. The third kappa shape index (κ3) is 4.37. The zero-order valence-corrected chi connectivity index (χ0v) is 18.6. The lowest BCUT2D eigenvalue weighted by atomic mass is 10.0. The van der Waals surface area contributed by atoms with Crippen LogP contribution in [0.4, 0.5) is 5.69 Å². The first-order valence-corrected chi connectivity index (χ1v) is 10.8. The van der Waals surface area contributed by atoms with Crippen molar-refractivity contribution in [3.8, 4) is 0 Å². The first-order valence-electron chi connectivity index (χ1n) is 10.8. The van der Waals surface area contributed by atoms with E-state index in [0.717, 1.165) is 34.4 Å². The van der Waals surface area contributed by atoms with Gasteiger partial charge >= 0.3 is 0 Å². The maximum absolute atomic E-state index is 12.5. The molecule has 9 heteroatoms. The van der Waals surface area contributed by atoms with Crippen molar-refractivity contribution in [3.63, 3.8) is 0 Å². The van der Waals surface area contributed by atoms with Crippen molar-refractivity contribution in [1.29, 1.82) is 0 Å². The molecule has 0 atom stereocenters. The number of benzene rings is 1. The number of carbonyl (C=O) groups is 2. The van der Waals surface area contributed by atoms with Crippen LogP contribution in [0.15, 0.2) is 29.1 Å². The summed E-state index contributed by atoms with van der Waals surface area (Å²) < 4.78 is 1.67. The SMILES string of the molecule is Cc1nn(C)c2[nH]c(=O)c(CCC(=O)NCc3ccc(N4CCNC(=O)C4)cc3)c(C)c12. The van der Waals surface area contributed by atoms with Crippen molar-refractivity contribution in [2.75, 3.05) is 24.5 Å². The minimum Gasteiger partial charge on any atom is -0.360 e. The van der Waals surface area contributed by atoms with E-state index < -0.39 is 0 Å². The van der Waals surface area contributed by atoms with E-state index in [0.29, 0.717) is 37.3 Å². The van der Waals surface area contributed by atoms with Crippen LogP contribution in [0.5, 0.6) is 0 Å². The fourth-order valence-electron chi connectivity index (χ4n) is 4.27. The monoisotopic (exact) mass is 436 g/mol. The molecule has 2 amide bonds. The van der Waals surface area contributed by atoms with Crippen LogP contribution in [0, 0.1) is 13.8 Å². The molecule has 0 bridgehead atoms. The summed E-state index contributed by atoms with van der Waals surface area (Å²) in [6.07, 6.45) is 0.600. The predicted octanol–water partition coefficient (Wildman–Crippen LogP) is 1.06. The number of rotatable bonds is 6. The number of H-pyrrole nitrogens is 1. The van der Waals surface area contributed by atoms with Gasteiger partial charge in [-0.25, -0.2) is 0 Å². The Bertz CT molecular complexity index is 1230. The van der Waals surface area contributed by atoms with E-state index in [1.807, 2.05) is 43.0 Å². The minimum atomic E-state index is -0.173. The molecule has 0 saturated carbocycles. The summed E-state index contributed by atoms with van der Waals surface area (Å²) in [5.74, 6) is -0.0805. The average Bonchev–Trinajstić information content (AvgIpc) is 3.05. The number of carbonyl (C=O) groups excluding carboxylic acids is 2. The highest BCUT2D eigenvalue weighted by Crippen LogP contribution is 2.21. The van der Waals surface area contributed by atoms with E-state index in [4.69, 9.17) is 0 Å². The lowest BCUT2D eigenvalue weighted by molar-refractivity contribution is -0.121. The number of anilines is 1. The van der Waals surface area contributed by atoms with Gasteiger partial charge in [0.05, 0.1) is 12.2 Å². The molecule has 3 N–H and O–H groups in total. The van der Waals surface area contributed by atoms with Crippen molar-refractivity contribution in [1.82, 2.24) is 25.4 Å². The Morgan fingerprint density at radius 2 is 1.94 bits per heavy atom. The number of fused-ring (bicyclic) bond motifs is 1. The Hall–Kier alpha value is -3.62. The molecular formula is C23H28N6O3. The normalized spacial score (nSPS) is 14.0. The van der Waals surface area contributed by atoms with Crippen LogP contribution in [-0.4, -0.2) is 46.2 Å². The van der Waals surface area contributed by atoms with Gasteiger partial charge in [0.15, 0.2) is 0 Å². The summed E-state index contributed by atoms with van der Waals surface area (Å²) in [6, 6.07) is 7.84. The van der Waals surface area contributed by atoms with Gasteiger partial charge < -0.3 is 20.5 Å². The quantitative estimate of drug-likeness (QED) is 0.535. The Morgan fingerprint density at radius 1 is 1.19 bits per heavy atom. The molecule has 2 aromatic heterocycles. The fourth-order valence-corrected chi connectivity index (χ4v) is 4.27. The van der Waals surface area contributed by atoms with Crippen LogP contribution >= 0.6 is 0 Å². The van der Waals surface area contributed by atoms with Gasteiger partial charge in [-0.15, -0.1) is 0 Å². The number of hydrogen-bond acceptors (Lipinski definition) is 5. The zero-order chi connectivity index (χ0) is 22.8. The Labute approximate surface area is 185 Å². The van der Waals surface area contributed by atoms with Crippen LogP contribution in [0.1, 0.15) is 28.8 Å². The van der Waals surface area contributed by atoms with Crippen LogP contribution in [0.2, 0.25) is 0 Å². The highest BCUT2D eigenvalue weighted by Gasteiger charge is 2.17. The maximum atomic E-state index is 12.5. The highest BCUT2D eigenvalue weighted by atomic mass is 16.2. The minimum absolute atomic E-state index is 0.0273. The van der Waals surface area contributed by atoms with Crippen molar-refractivity contribution < 1.29 is 9.59 Å². The number of piperazine rings is 1. The molecule has 32 heavy (non-hydrogen) atoms. The molecule has 9 nitrogen and oxygen atoms in total. The van der Waals surface area contributed by atoms with Crippen molar-refractivity contribution >= 4 is 28.5 Å². The second-order valence-corrected chi connectivity index (χ2v) is 8.20. The number of amides is 2. The van der Waals surface area contributed by atoms with E-state index in [9.17, 15) is 14.4 Å². The number of nitrogens with one attached hydrogen (secondary N) is 3. The van der Waals surface area contributed by atoms with Crippen LogP contribution in [0.25, 0.3) is 11.0 Å². The largest absolute Gasteiger partial charge is 0.360 e. The number of nitrogens with zero attached hydrogens (tertiary/aromatic N) is 3. The summed E-state index contributed by atoms with van der Waals surface area (Å²) in [7, 11) is 1.80. The van der Waals surface area contributed by atoms with Gasteiger partial charge in [0.25, 0.3) is 5.56 Å². The van der Waals surface area contributed by atoms with E-state index in [-0.39, 0.29) is 23.8 Å². The van der Waals surface area contributed by atoms with E-state index in [1.165, 1.54) is 0 Å². The number of aromatic amines is 1. The molecule has 0 unspecified atom stereocenters. The van der Waals surface area contributed by atoms with E-state index in [1.54, 1.807) is 11.7 Å². The Kier molecular flexibility index (Phi) is 5.98. The molecule has 4 rings (SSSR count). The molecule has 1 aromatic carbocycles. The smallest absolute Gasteiger partial charge is 0.253 e. The lowest BCUT2D eigenvalue weighted by Gasteiger charge is -2.28. The average molecular weight is 437 g/mol. The summed E-state index contributed by atoms with van der Waals surface area (Å²) in [5.41, 5.74) is 4.86. The molecule has 0 aliphatic carbocycles. The van der Waals surface area contributed by atoms with Gasteiger partial charge in [-0.1, -0.05) is 12.1 Å². The van der Waals surface area contributed by atoms with Gasteiger partial charge in [0, 0.05) is 49.7 Å². The zero-order valence-electron chi connectivity index (χ0n) is 18.6. The second kappa shape index (κ2) is 8.86. The molecule has 1 aliphatic rings. The Balaban J connectivity index is 1.34. The van der Waals surface area contributed by atoms with Crippen molar-refractivity contribution in [3.05, 3.63) is 57.0 Å². The third-order valence-electron chi connectivity index (χ3n) is 5.99. The third-order valence-corrected chi connectivity index (χ3v) is 5.99. The molecule has 1 fully saturated rings. The summed E-state index contributed by atoms with van der Waals surface area (Å²) >= 11 is 0. The van der Waals surface area contributed by atoms with Gasteiger partial charge in [-0.05, 0) is 43.5 Å². The van der Waals surface area contributed by atoms with Gasteiger partial charge in [0.1, 0.15) is 5.65 Å². The number of hydrogen-bond donors (Lipinski definition) is 3. The van der Waals surface area contributed by atoms with Gasteiger partial charge in [-0.2, -0.15) is 5.10 Å². The molecule has 0 radical (unpaired) electrons. The molecule has 0 spiro atoms. The van der Waals surface area contributed by atoms with Crippen LogP contribution in [-0.2, 0) is 29.6 Å². The highest BCUT2D eigenvalue weighted by molar-refractivity contribution is 5.83. The van der Waals surface area contributed by atoms with E-state index in [2.05, 4.69) is 20.7 Å². The fraction of sp³-hybridized carbons (Fsp3) is 0.391. The topological polar surface area (TPSA) is 112 Å². The van der Waals surface area contributed by atoms with Crippen molar-refractivity contribution in [2.24, 2.45) is 7.05 Å². The second-order valence-electron chi connectivity index (χ2n) is 8.20. The number of aromatic nitrogens is 3. The number of aryl methyl sites for hydroxylation is 3. The van der Waals surface area contributed by atoms with Gasteiger partial charge in [0.2, 0.25) is 11.8 Å². The predicted molar refractivity (Wildman–Crippen MR) is 123 cm³/mol. The van der Waals surface area contributed by atoms with Crippen molar-refractivity contribution in [2.45, 2.75) is 33.2 Å². The lowest BCUT2D eigenvalue weighted by Crippen LogP contribution is -2.47. The summed E-state index contributed by atoms with van der Waals surface area (Å²) in [6.45, 7) is 6.02. The first-order chi connectivity index (χ1) is 15.3. The van der Waals surface area contributed by atoms with Crippen LogP contribution < -0.4 is 21.1 Å². The molecule has 1 saturated heterocycles. The molecule has 168 valence electrons. The summed E-state index contributed by atoms with van der Waals surface area (Å²) in [4.78, 5) is 41.4. The van der Waals surface area contributed by atoms with Gasteiger partial charge in [-0.3, -0.25) is 19.1 Å². The molecule has 1 aliphatic heterocycles. The molecule has 3 heterocycles. The summed E-state index contributed by atoms with van der Waals surface area (Å²) in [5, 5.41) is 11.1.